The Morgan fingerprint density at radius 3 is 2.94 bits per heavy atom. The van der Waals surface area contributed by atoms with Gasteiger partial charge >= 0.3 is 6.03 Å². The number of fused-ring (bicyclic) bond motifs is 1. The maximum atomic E-state index is 12.2. The molecule has 0 saturated carbocycles. The van der Waals surface area contributed by atoms with E-state index >= 15 is 0 Å². The third kappa shape index (κ3) is 5.84. The summed E-state index contributed by atoms with van der Waals surface area (Å²) in [6.07, 6.45) is 6.71. The second-order valence-electron chi connectivity index (χ2n) is 6.79. The number of carbonyl (C=O) groups is 1. The summed E-state index contributed by atoms with van der Waals surface area (Å²) >= 11 is 13.1. The molecule has 0 bridgehead atoms. The van der Waals surface area contributed by atoms with Crippen molar-refractivity contribution < 1.29 is 4.79 Å². The number of nitrogens with zero attached hydrogens (tertiary/aromatic N) is 5. The number of carbonyl (C=O) groups excluding carboxylic acids is 1. The van der Waals surface area contributed by atoms with Crippen LogP contribution in [0.25, 0.3) is 11.0 Å². The summed E-state index contributed by atoms with van der Waals surface area (Å²) in [6, 6.07) is 6.56. The number of halogens is 2. The molecule has 0 aliphatic carbocycles. The second-order valence-corrected chi connectivity index (χ2v) is 8.72. The number of rotatable bonds is 9. The number of urea groups is 1. The zero-order valence-corrected chi connectivity index (χ0v) is 19.2. The highest BCUT2D eigenvalue weighted by atomic mass is 35.5. The lowest BCUT2D eigenvalue weighted by Gasteiger charge is -2.05. The highest BCUT2D eigenvalue weighted by Crippen LogP contribution is 2.21. The molecule has 4 rings (SSSR count). The first-order valence-electron chi connectivity index (χ1n) is 9.87. The minimum Gasteiger partial charge on any atom is -0.368 e. The van der Waals surface area contributed by atoms with E-state index in [1.54, 1.807) is 30.5 Å². The number of thiazole rings is 1. The molecule has 0 saturated heterocycles. The normalized spacial score (nSPS) is 10.9. The fraction of sp³-hybridized carbons (Fsp3) is 0.250. The predicted octanol–water partition coefficient (Wildman–Crippen LogP) is 4.86. The van der Waals surface area contributed by atoms with E-state index in [-0.39, 0.29) is 6.03 Å². The van der Waals surface area contributed by atoms with Crippen molar-refractivity contribution in [3.05, 3.63) is 52.9 Å². The molecule has 0 aliphatic rings. The average Bonchev–Trinajstić information content (AvgIpc) is 3.39. The quantitative estimate of drug-likeness (QED) is 0.289. The van der Waals surface area contributed by atoms with Crippen molar-refractivity contribution in [2.75, 3.05) is 28.4 Å². The molecular formula is C20H20Cl2N8OS. The molecule has 3 N–H and O–H groups in total. The number of hydrogen-bond donors (Lipinski definition) is 3. The Labute approximate surface area is 198 Å². The summed E-state index contributed by atoms with van der Waals surface area (Å²) in [5, 5.41) is 14.4. The van der Waals surface area contributed by atoms with Gasteiger partial charge in [0.2, 0.25) is 0 Å². The van der Waals surface area contributed by atoms with Crippen LogP contribution >= 0.6 is 34.5 Å². The molecule has 0 unspecified atom stereocenters. The van der Waals surface area contributed by atoms with Crippen LogP contribution in [0.2, 0.25) is 5.02 Å². The molecule has 32 heavy (non-hydrogen) atoms. The average molecular weight is 491 g/mol. The van der Waals surface area contributed by atoms with Crippen LogP contribution in [0.15, 0.2) is 43.0 Å². The third-order valence-electron chi connectivity index (χ3n) is 4.39. The number of hydrogen-bond acceptors (Lipinski definition) is 7. The molecule has 1 aromatic carbocycles. The summed E-state index contributed by atoms with van der Waals surface area (Å²) in [5.41, 5.74) is 2.12. The number of aromatic nitrogens is 5. The Bertz CT molecular complexity index is 1210. The third-order valence-corrected chi connectivity index (χ3v) is 5.87. The summed E-state index contributed by atoms with van der Waals surface area (Å²) in [7, 11) is 0. The standard InChI is InChI=1S/C20H20Cl2N8OS/c21-6-2-8-30-11-16-17(29-30)18(26-12-25-16)23-7-5-15-10-24-20(32-15)28-19(31)27-14-4-1-3-13(22)9-14/h1,3-4,9-12H,2,5-8H2,(H,23,25,26)(H2,24,27,28,31). The van der Waals surface area contributed by atoms with Crippen molar-refractivity contribution in [1.82, 2.24) is 24.7 Å². The zero-order chi connectivity index (χ0) is 22.3. The lowest BCUT2D eigenvalue weighted by atomic mass is 10.3. The second kappa shape index (κ2) is 10.6. The topological polar surface area (TPSA) is 110 Å². The fourth-order valence-electron chi connectivity index (χ4n) is 2.96. The van der Waals surface area contributed by atoms with Crippen LogP contribution in [0.4, 0.5) is 21.4 Å². The van der Waals surface area contributed by atoms with Gasteiger partial charge in [-0.05, 0) is 24.6 Å². The smallest absolute Gasteiger partial charge is 0.325 e. The van der Waals surface area contributed by atoms with Gasteiger partial charge in [-0.25, -0.2) is 19.7 Å². The molecule has 0 fully saturated rings. The lowest BCUT2D eigenvalue weighted by molar-refractivity contribution is 0.262. The van der Waals surface area contributed by atoms with Gasteiger partial charge in [0.05, 0.1) is 6.20 Å². The SMILES string of the molecule is O=C(Nc1cccc(Cl)c1)Nc1ncc(CCNc2ncnc3cn(CCCCl)nc23)s1. The molecule has 0 spiro atoms. The van der Waals surface area contributed by atoms with E-state index in [4.69, 9.17) is 23.2 Å². The van der Waals surface area contributed by atoms with Crippen LogP contribution in [0, 0.1) is 0 Å². The molecule has 166 valence electrons. The van der Waals surface area contributed by atoms with Crippen molar-refractivity contribution in [1.29, 1.82) is 0 Å². The monoisotopic (exact) mass is 490 g/mol. The van der Waals surface area contributed by atoms with Gasteiger partial charge in [-0.15, -0.1) is 22.9 Å². The minimum absolute atomic E-state index is 0.376. The number of nitrogens with one attached hydrogen (secondary N) is 3. The van der Waals surface area contributed by atoms with Crippen LogP contribution in [-0.4, -0.2) is 43.2 Å². The van der Waals surface area contributed by atoms with E-state index in [0.717, 1.165) is 28.9 Å². The molecule has 4 aromatic rings. The number of anilines is 3. The first-order valence-corrected chi connectivity index (χ1v) is 11.6. The van der Waals surface area contributed by atoms with Gasteiger partial charge in [-0.1, -0.05) is 17.7 Å². The van der Waals surface area contributed by atoms with Crippen molar-refractivity contribution >= 4 is 68.2 Å². The first kappa shape index (κ1) is 22.3. The summed E-state index contributed by atoms with van der Waals surface area (Å²) in [6.45, 7) is 1.37. The molecular weight excluding hydrogens is 471 g/mol. The van der Waals surface area contributed by atoms with Gasteiger partial charge < -0.3 is 10.6 Å². The van der Waals surface area contributed by atoms with E-state index in [9.17, 15) is 4.79 Å². The van der Waals surface area contributed by atoms with Gasteiger partial charge in [0.25, 0.3) is 0 Å². The Morgan fingerprint density at radius 1 is 1.19 bits per heavy atom. The Balaban J connectivity index is 1.30. The number of aryl methyl sites for hydroxylation is 1. The van der Waals surface area contributed by atoms with Gasteiger partial charge in [-0.2, -0.15) is 5.10 Å². The maximum Gasteiger partial charge on any atom is 0.325 e. The Kier molecular flexibility index (Phi) is 7.35. The summed E-state index contributed by atoms with van der Waals surface area (Å²) in [5.74, 6) is 1.27. The largest absolute Gasteiger partial charge is 0.368 e. The van der Waals surface area contributed by atoms with E-state index in [0.29, 0.717) is 40.5 Å². The van der Waals surface area contributed by atoms with Crippen LogP contribution in [0.3, 0.4) is 0 Å². The molecule has 3 heterocycles. The van der Waals surface area contributed by atoms with Gasteiger partial charge in [0.1, 0.15) is 11.8 Å². The van der Waals surface area contributed by atoms with Crippen LogP contribution < -0.4 is 16.0 Å². The van der Waals surface area contributed by atoms with Crippen molar-refractivity contribution in [3.8, 4) is 0 Å². The molecule has 0 aliphatic heterocycles. The minimum atomic E-state index is -0.376. The van der Waals surface area contributed by atoms with Crippen LogP contribution in [-0.2, 0) is 13.0 Å². The molecule has 12 heteroatoms. The van der Waals surface area contributed by atoms with Crippen molar-refractivity contribution in [2.45, 2.75) is 19.4 Å². The van der Waals surface area contributed by atoms with E-state index in [2.05, 4.69) is 36.0 Å². The highest BCUT2D eigenvalue weighted by molar-refractivity contribution is 7.15. The van der Waals surface area contributed by atoms with Crippen LogP contribution in [0.5, 0.6) is 0 Å². The molecule has 3 aromatic heterocycles. The Morgan fingerprint density at radius 2 is 2.09 bits per heavy atom. The molecule has 0 atom stereocenters. The number of alkyl halides is 1. The molecule has 2 amide bonds. The summed E-state index contributed by atoms with van der Waals surface area (Å²) < 4.78 is 1.84. The number of benzene rings is 1. The lowest BCUT2D eigenvalue weighted by Crippen LogP contribution is -2.19. The van der Waals surface area contributed by atoms with Crippen LogP contribution in [0.1, 0.15) is 11.3 Å². The van der Waals surface area contributed by atoms with E-state index in [1.165, 1.54) is 17.7 Å². The van der Waals surface area contributed by atoms with Gasteiger partial charge in [-0.3, -0.25) is 10.00 Å². The van der Waals surface area contributed by atoms with E-state index in [1.807, 2.05) is 10.9 Å². The van der Waals surface area contributed by atoms with Gasteiger partial charge in [0, 0.05) is 47.2 Å². The molecule has 9 nitrogen and oxygen atoms in total. The predicted molar refractivity (Wildman–Crippen MR) is 129 cm³/mol. The zero-order valence-electron chi connectivity index (χ0n) is 16.9. The first-order chi connectivity index (χ1) is 15.6. The number of amides is 2. The maximum absolute atomic E-state index is 12.2. The van der Waals surface area contributed by atoms with Gasteiger partial charge in [0.15, 0.2) is 16.5 Å². The van der Waals surface area contributed by atoms with E-state index < -0.39 is 0 Å². The molecule has 0 radical (unpaired) electrons. The summed E-state index contributed by atoms with van der Waals surface area (Å²) in [4.78, 5) is 26.0. The Hall–Kier alpha value is -2.95. The van der Waals surface area contributed by atoms with Crippen molar-refractivity contribution in [2.24, 2.45) is 0 Å². The fourth-order valence-corrected chi connectivity index (χ4v) is 4.08. The highest BCUT2D eigenvalue weighted by Gasteiger charge is 2.10. The van der Waals surface area contributed by atoms with Crippen molar-refractivity contribution in [3.63, 3.8) is 0 Å².